The van der Waals surface area contributed by atoms with E-state index in [0.29, 0.717) is 18.2 Å². The minimum absolute atomic E-state index is 0.653. The summed E-state index contributed by atoms with van der Waals surface area (Å²) in [6, 6.07) is 3.53. The zero-order chi connectivity index (χ0) is 7.40. The predicted octanol–water partition coefficient (Wildman–Crippen LogP) is 0.482. The third kappa shape index (κ3) is 1.62. The van der Waals surface area contributed by atoms with Crippen molar-refractivity contribution in [3.63, 3.8) is 0 Å². The summed E-state index contributed by atoms with van der Waals surface area (Å²) >= 11 is 0. The van der Waals surface area contributed by atoms with Gasteiger partial charge in [0, 0.05) is 11.8 Å². The Balaban J connectivity index is 2.75. The number of H-pyrrole nitrogens is 1. The first-order valence-corrected chi connectivity index (χ1v) is 3.23. The highest BCUT2D eigenvalue weighted by molar-refractivity contribution is 5.36. The van der Waals surface area contributed by atoms with Gasteiger partial charge in [-0.2, -0.15) is 4.98 Å². The fraction of sp³-hybridized carbons (Fsp3) is 0.286. The largest absolute Gasteiger partial charge is 0.445 e. The molecule has 3 N–H and O–H groups in total. The lowest BCUT2D eigenvalue weighted by atomic mass is 10.4. The van der Waals surface area contributed by atoms with E-state index in [-0.39, 0.29) is 0 Å². The van der Waals surface area contributed by atoms with Gasteiger partial charge in [0.15, 0.2) is 6.20 Å². The van der Waals surface area contributed by atoms with Crippen molar-refractivity contribution < 1.29 is 9.72 Å². The summed E-state index contributed by atoms with van der Waals surface area (Å²) in [4.78, 5) is 2.91. The Kier molecular flexibility index (Phi) is 2.10. The second-order valence-corrected chi connectivity index (χ2v) is 1.92. The van der Waals surface area contributed by atoms with Crippen molar-refractivity contribution in [1.29, 1.82) is 0 Å². The van der Waals surface area contributed by atoms with E-state index >= 15 is 0 Å². The van der Waals surface area contributed by atoms with Crippen LogP contribution in [0.3, 0.4) is 0 Å². The molecule has 0 atom stereocenters. The van der Waals surface area contributed by atoms with Crippen molar-refractivity contribution in [3.05, 3.63) is 18.3 Å². The summed E-state index contributed by atoms with van der Waals surface area (Å²) in [5.41, 5.74) is 6.20. The number of aromatic nitrogens is 1. The summed E-state index contributed by atoms with van der Waals surface area (Å²) in [5.74, 6) is 0.711. The molecule has 0 aliphatic carbocycles. The monoisotopic (exact) mass is 139 g/mol. The molecular weight excluding hydrogens is 128 g/mol. The minimum Gasteiger partial charge on any atom is -0.445 e. The van der Waals surface area contributed by atoms with Gasteiger partial charge in [-0.1, -0.05) is 0 Å². The highest BCUT2D eigenvalue weighted by Gasteiger charge is 1.98. The Morgan fingerprint density at radius 2 is 2.50 bits per heavy atom. The summed E-state index contributed by atoms with van der Waals surface area (Å²) in [7, 11) is 0. The Labute approximate surface area is 59.8 Å². The second kappa shape index (κ2) is 3.06. The van der Waals surface area contributed by atoms with Crippen molar-refractivity contribution >= 4 is 5.69 Å². The Bertz CT molecular complexity index is 213. The van der Waals surface area contributed by atoms with Gasteiger partial charge in [0.05, 0.1) is 12.7 Å². The van der Waals surface area contributed by atoms with Gasteiger partial charge in [0.2, 0.25) is 0 Å². The van der Waals surface area contributed by atoms with Crippen LogP contribution in [0.15, 0.2) is 18.3 Å². The fourth-order valence-corrected chi connectivity index (χ4v) is 0.700. The van der Waals surface area contributed by atoms with Gasteiger partial charge in [-0.15, -0.1) is 0 Å². The van der Waals surface area contributed by atoms with Crippen LogP contribution < -0.4 is 15.5 Å². The summed E-state index contributed by atoms with van der Waals surface area (Å²) in [6.45, 7) is 2.58. The first kappa shape index (κ1) is 6.86. The first-order valence-electron chi connectivity index (χ1n) is 3.23. The number of anilines is 1. The van der Waals surface area contributed by atoms with Crippen LogP contribution in [0.4, 0.5) is 5.69 Å². The van der Waals surface area contributed by atoms with Crippen LogP contribution in [-0.4, -0.2) is 6.61 Å². The summed E-state index contributed by atoms with van der Waals surface area (Å²) in [5, 5.41) is 0. The first-order chi connectivity index (χ1) is 4.83. The molecule has 0 saturated heterocycles. The normalized spacial score (nSPS) is 9.30. The minimum atomic E-state index is 0.653. The molecule has 3 heteroatoms. The van der Waals surface area contributed by atoms with E-state index in [9.17, 15) is 0 Å². The number of rotatable bonds is 2. The number of nitrogen functional groups attached to an aromatic ring is 1. The highest BCUT2D eigenvalue weighted by atomic mass is 16.5. The maximum absolute atomic E-state index is 5.49. The van der Waals surface area contributed by atoms with Gasteiger partial charge in [0.25, 0.3) is 0 Å². The number of hydrogen-bond donors (Lipinski definition) is 1. The summed E-state index contributed by atoms with van der Waals surface area (Å²) in [6.07, 6.45) is 1.75. The molecule has 0 aromatic carbocycles. The third-order valence-corrected chi connectivity index (χ3v) is 1.10. The molecule has 0 saturated carbocycles. The van der Waals surface area contributed by atoms with Gasteiger partial charge in [-0.25, -0.2) is 0 Å². The lowest BCUT2D eigenvalue weighted by Gasteiger charge is -1.94. The quantitative estimate of drug-likeness (QED) is 0.648. The van der Waals surface area contributed by atoms with Crippen molar-refractivity contribution in [2.75, 3.05) is 12.3 Å². The second-order valence-electron chi connectivity index (χ2n) is 1.92. The fourth-order valence-electron chi connectivity index (χ4n) is 0.700. The zero-order valence-corrected chi connectivity index (χ0v) is 5.92. The number of aromatic amines is 1. The molecule has 0 radical (unpaired) electrons. The molecule has 1 aromatic heterocycles. The molecule has 1 rings (SSSR count). The molecule has 0 amide bonds. The topological polar surface area (TPSA) is 49.4 Å². The zero-order valence-electron chi connectivity index (χ0n) is 5.92. The lowest BCUT2D eigenvalue weighted by Crippen LogP contribution is -2.08. The number of ether oxygens (including phenoxy) is 1. The third-order valence-electron chi connectivity index (χ3n) is 1.10. The molecule has 1 heterocycles. The van der Waals surface area contributed by atoms with E-state index in [1.165, 1.54) is 0 Å². The molecule has 0 fully saturated rings. The molecule has 0 bridgehead atoms. The molecule has 0 aliphatic rings. The smallest absolute Gasteiger partial charge is 0.368 e. The van der Waals surface area contributed by atoms with Crippen molar-refractivity contribution in [2.45, 2.75) is 6.92 Å². The predicted molar refractivity (Wildman–Crippen MR) is 38.6 cm³/mol. The summed E-state index contributed by atoms with van der Waals surface area (Å²) < 4.78 is 5.15. The Morgan fingerprint density at radius 1 is 1.70 bits per heavy atom. The van der Waals surface area contributed by atoms with Crippen LogP contribution in [0.5, 0.6) is 5.88 Å². The van der Waals surface area contributed by atoms with E-state index in [0.717, 1.165) is 0 Å². The Hall–Kier alpha value is -1.25. The van der Waals surface area contributed by atoms with E-state index in [4.69, 9.17) is 10.5 Å². The van der Waals surface area contributed by atoms with Gasteiger partial charge in [0.1, 0.15) is 0 Å². The van der Waals surface area contributed by atoms with Gasteiger partial charge in [-0.3, -0.25) is 0 Å². The Morgan fingerprint density at radius 3 is 3.10 bits per heavy atom. The van der Waals surface area contributed by atoms with Gasteiger partial charge >= 0.3 is 5.88 Å². The van der Waals surface area contributed by atoms with E-state index < -0.39 is 0 Å². The molecule has 1 aromatic rings. The van der Waals surface area contributed by atoms with Crippen LogP contribution in [0.25, 0.3) is 0 Å². The molecule has 54 valence electrons. The van der Waals surface area contributed by atoms with Gasteiger partial charge in [-0.05, 0) is 6.92 Å². The maximum atomic E-state index is 5.49. The van der Waals surface area contributed by atoms with E-state index in [2.05, 4.69) is 4.98 Å². The molecule has 0 spiro atoms. The molecular formula is C7H11N2O+. The van der Waals surface area contributed by atoms with Crippen molar-refractivity contribution in [3.8, 4) is 5.88 Å². The van der Waals surface area contributed by atoms with E-state index in [1.807, 2.05) is 6.92 Å². The van der Waals surface area contributed by atoms with Crippen molar-refractivity contribution in [1.82, 2.24) is 0 Å². The lowest BCUT2D eigenvalue weighted by molar-refractivity contribution is -0.394. The van der Waals surface area contributed by atoms with Gasteiger partial charge < -0.3 is 10.5 Å². The average Bonchev–Trinajstić information content (AvgIpc) is 1.88. The van der Waals surface area contributed by atoms with Crippen LogP contribution in [0, 0.1) is 0 Å². The standard InChI is InChI=1S/C7H10N2O/c1-2-10-7-5-6(8)3-4-9-7/h3-5H,2H2,1H3,(H2,8,9)/p+1. The number of nitrogens with one attached hydrogen (secondary N) is 1. The molecule has 3 nitrogen and oxygen atoms in total. The van der Waals surface area contributed by atoms with E-state index in [1.54, 1.807) is 18.3 Å². The highest BCUT2D eigenvalue weighted by Crippen LogP contribution is 2.05. The van der Waals surface area contributed by atoms with Crippen LogP contribution in [0.2, 0.25) is 0 Å². The average molecular weight is 139 g/mol. The van der Waals surface area contributed by atoms with Crippen LogP contribution in [0.1, 0.15) is 6.92 Å². The number of hydrogen-bond acceptors (Lipinski definition) is 2. The number of nitrogens with two attached hydrogens (primary N) is 1. The molecule has 0 unspecified atom stereocenters. The van der Waals surface area contributed by atoms with Crippen LogP contribution in [-0.2, 0) is 0 Å². The maximum Gasteiger partial charge on any atom is 0.368 e. The van der Waals surface area contributed by atoms with Crippen molar-refractivity contribution in [2.24, 2.45) is 0 Å². The molecule has 10 heavy (non-hydrogen) atoms. The number of pyridine rings is 1. The molecule has 0 aliphatic heterocycles. The van der Waals surface area contributed by atoms with Crippen LogP contribution >= 0.6 is 0 Å². The SMILES string of the molecule is CCOc1cc(N)cc[nH+]1.